The van der Waals surface area contributed by atoms with Crippen molar-refractivity contribution < 1.29 is 45.9 Å². The van der Waals surface area contributed by atoms with Crippen LogP contribution in [0.3, 0.4) is 0 Å². The van der Waals surface area contributed by atoms with Crippen molar-refractivity contribution in [3.05, 3.63) is 48.6 Å². The van der Waals surface area contributed by atoms with Crippen LogP contribution >= 0.6 is 0 Å². The number of carbonyl (C=O) groups excluding carboxylic acids is 5. The summed E-state index contributed by atoms with van der Waals surface area (Å²) in [5, 5.41) is 7.10. The number of nitrogens with zero attached hydrogens (tertiary/aromatic N) is 2. The molecule has 4 amide bonds. The molecule has 1 aliphatic carbocycles. The first-order valence-electron chi connectivity index (χ1n) is 19.5. The number of piperazine rings is 1. The standard InChI is InChI=1S/C39H60F2N6O8S/c1-7-15-30(34(49)44-31(24-28-16-11-9-12-17-28)33(48)39(40,41)36(51)42-26-27(3)8-2)43-35(50)32(25-29-18-13-10-14-19-29)45-56(53,54)47-22-20-46(21-23-47)37(52)55-38(4,5)6/h7,10,13-14,18-19,27-28,30-32,45H,1,8-9,11-12,15-17,20-26H2,2-6H3,(H,42,51)(H,43,50)(H,44,49)/t27-,30-,31-,32-/m0/s1. The Bertz CT molecular complexity index is 1610. The molecule has 0 bridgehead atoms. The van der Waals surface area contributed by atoms with Crippen molar-refractivity contribution in [2.45, 2.75) is 122 Å². The number of ketones is 1. The molecule has 314 valence electrons. The molecule has 1 aromatic rings. The van der Waals surface area contributed by atoms with E-state index in [1.165, 1.54) is 11.0 Å². The Hall–Kier alpha value is -3.96. The quantitative estimate of drug-likeness (QED) is 0.120. The molecule has 1 saturated carbocycles. The summed E-state index contributed by atoms with van der Waals surface area (Å²) < 4.78 is 67.1. The Labute approximate surface area is 330 Å². The lowest BCUT2D eigenvalue weighted by molar-refractivity contribution is -0.160. The highest BCUT2D eigenvalue weighted by Crippen LogP contribution is 2.30. The van der Waals surface area contributed by atoms with Crippen LogP contribution in [0, 0.1) is 11.8 Å². The molecule has 2 fully saturated rings. The van der Waals surface area contributed by atoms with E-state index < -0.39 is 69.5 Å². The number of carbonyl (C=O) groups is 5. The van der Waals surface area contributed by atoms with Crippen molar-refractivity contribution in [1.29, 1.82) is 0 Å². The van der Waals surface area contributed by atoms with E-state index in [9.17, 15) is 32.4 Å². The molecule has 1 saturated heterocycles. The van der Waals surface area contributed by atoms with E-state index in [1.807, 2.05) is 6.92 Å². The Morgan fingerprint density at radius 1 is 0.929 bits per heavy atom. The average Bonchev–Trinajstić information content (AvgIpc) is 3.15. The summed E-state index contributed by atoms with van der Waals surface area (Å²) in [4.78, 5) is 67.7. The highest BCUT2D eigenvalue weighted by molar-refractivity contribution is 7.87. The van der Waals surface area contributed by atoms with Gasteiger partial charge in [0.25, 0.3) is 16.1 Å². The molecule has 3 rings (SSSR count). The van der Waals surface area contributed by atoms with Crippen LogP contribution in [-0.4, -0.2) is 110 Å². The number of rotatable bonds is 19. The van der Waals surface area contributed by atoms with E-state index >= 15 is 8.78 Å². The maximum atomic E-state index is 15.4. The van der Waals surface area contributed by atoms with Crippen LogP contribution in [0.4, 0.5) is 13.6 Å². The molecule has 2 aliphatic rings. The molecule has 14 nitrogen and oxygen atoms in total. The van der Waals surface area contributed by atoms with Crippen LogP contribution < -0.4 is 20.7 Å². The molecule has 4 N–H and O–H groups in total. The predicted octanol–water partition coefficient (Wildman–Crippen LogP) is 3.87. The van der Waals surface area contributed by atoms with Gasteiger partial charge in [-0.3, -0.25) is 19.2 Å². The molecule has 1 aliphatic heterocycles. The first kappa shape index (κ1) is 46.4. The first-order chi connectivity index (χ1) is 26.3. The summed E-state index contributed by atoms with van der Waals surface area (Å²) in [7, 11) is -4.33. The summed E-state index contributed by atoms with van der Waals surface area (Å²) in [5.74, 6) is -10.0. The maximum Gasteiger partial charge on any atom is 0.410 e. The summed E-state index contributed by atoms with van der Waals surface area (Å²) >= 11 is 0. The van der Waals surface area contributed by atoms with Crippen molar-refractivity contribution in [3.63, 3.8) is 0 Å². The van der Waals surface area contributed by atoms with Crippen LogP contribution in [0.5, 0.6) is 0 Å². The third-order valence-electron chi connectivity index (χ3n) is 9.99. The van der Waals surface area contributed by atoms with Crippen LogP contribution in [0.25, 0.3) is 0 Å². The van der Waals surface area contributed by atoms with E-state index in [0.717, 1.165) is 23.6 Å². The Morgan fingerprint density at radius 2 is 1.52 bits per heavy atom. The molecule has 0 spiro atoms. The smallest absolute Gasteiger partial charge is 0.410 e. The maximum absolute atomic E-state index is 15.4. The van der Waals surface area contributed by atoms with Gasteiger partial charge in [-0.25, -0.2) is 4.79 Å². The number of nitrogens with one attached hydrogen (secondary N) is 4. The zero-order valence-corrected chi connectivity index (χ0v) is 34.1. The molecular weight excluding hydrogens is 751 g/mol. The Balaban J connectivity index is 1.81. The van der Waals surface area contributed by atoms with Gasteiger partial charge in [-0.1, -0.05) is 88.8 Å². The fourth-order valence-corrected chi connectivity index (χ4v) is 7.86. The van der Waals surface area contributed by atoms with Gasteiger partial charge in [-0.05, 0) is 57.4 Å². The summed E-state index contributed by atoms with van der Waals surface area (Å²) in [5.41, 5.74) is -0.137. The molecular formula is C39H60F2N6O8S. The molecule has 56 heavy (non-hydrogen) atoms. The number of ether oxygens (including phenoxy) is 1. The second-order valence-electron chi connectivity index (χ2n) is 15.8. The third-order valence-corrected chi connectivity index (χ3v) is 11.6. The topological polar surface area (TPSA) is 183 Å². The molecule has 1 aromatic carbocycles. The number of Topliss-reactive ketones (excluding diaryl/α,β-unsaturated/α-hetero) is 1. The van der Waals surface area contributed by atoms with E-state index in [-0.39, 0.29) is 63.8 Å². The van der Waals surface area contributed by atoms with Gasteiger partial charge < -0.3 is 25.6 Å². The lowest BCUT2D eigenvalue weighted by Crippen LogP contribution is -2.60. The van der Waals surface area contributed by atoms with Gasteiger partial charge in [0.15, 0.2) is 0 Å². The minimum Gasteiger partial charge on any atom is -0.444 e. The normalized spacial score (nSPS) is 18.2. The van der Waals surface area contributed by atoms with Gasteiger partial charge in [-0.15, -0.1) is 6.58 Å². The van der Waals surface area contributed by atoms with Gasteiger partial charge in [0, 0.05) is 32.7 Å². The molecule has 1 heterocycles. The average molecular weight is 811 g/mol. The number of amides is 4. The SMILES string of the molecule is C=CC[C@H](NC(=O)[C@H](Cc1ccccc1)NS(=O)(=O)N1CCN(C(=O)OC(C)(C)C)CC1)C(=O)N[C@@H](CC1CCCCC1)C(=O)C(F)(F)C(=O)NC[C@@H](C)CC. The van der Waals surface area contributed by atoms with Crippen molar-refractivity contribution in [2.24, 2.45) is 11.8 Å². The van der Waals surface area contributed by atoms with Gasteiger partial charge >= 0.3 is 12.0 Å². The third kappa shape index (κ3) is 14.2. The van der Waals surface area contributed by atoms with Crippen LogP contribution in [0.2, 0.25) is 0 Å². The van der Waals surface area contributed by atoms with Crippen molar-refractivity contribution in [2.75, 3.05) is 32.7 Å². The van der Waals surface area contributed by atoms with Crippen LogP contribution in [0.15, 0.2) is 43.0 Å². The summed E-state index contributed by atoms with van der Waals surface area (Å²) in [6, 6.07) is 3.96. The molecule has 0 unspecified atom stereocenters. The van der Waals surface area contributed by atoms with Crippen LogP contribution in [0.1, 0.15) is 91.5 Å². The van der Waals surface area contributed by atoms with Crippen LogP contribution in [-0.2, 0) is 40.5 Å². The summed E-state index contributed by atoms with van der Waals surface area (Å²) in [6.07, 6.45) is 4.88. The van der Waals surface area contributed by atoms with Gasteiger partial charge in [0.1, 0.15) is 17.7 Å². The molecule has 4 atom stereocenters. The van der Waals surface area contributed by atoms with Gasteiger partial charge in [0.2, 0.25) is 17.6 Å². The minimum atomic E-state index is -4.44. The lowest BCUT2D eigenvalue weighted by atomic mass is 9.83. The Kier molecular flexibility index (Phi) is 17.4. The van der Waals surface area contributed by atoms with E-state index in [0.29, 0.717) is 24.8 Å². The molecule has 0 radical (unpaired) electrons. The predicted molar refractivity (Wildman–Crippen MR) is 208 cm³/mol. The largest absolute Gasteiger partial charge is 0.444 e. The molecule has 0 aromatic heterocycles. The number of alkyl halides is 2. The monoisotopic (exact) mass is 810 g/mol. The second-order valence-corrected chi connectivity index (χ2v) is 17.5. The number of benzene rings is 1. The van der Waals surface area contributed by atoms with E-state index in [4.69, 9.17) is 4.74 Å². The zero-order chi connectivity index (χ0) is 41.7. The highest BCUT2D eigenvalue weighted by Gasteiger charge is 2.51. The zero-order valence-electron chi connectivity index (χ0n) is 33.3. The lowest BCUT2D eigenvalue weighted by Gasteiger charge is -2.35. The van der Waals surface area contributed by atoms with Crippen molar-refractivity contribution in [3.8, 4) is 0 Å². The van der Waals surface area contributed by atoms with Crippen molar-refractivity contribution in [1.82, 2.24) is 29.9 Å². The fourth-order valence-electron chi connectivity index (χ4n) is 6.51. The summed E-state index contributed by atoms with van der Waals surface area (Å²) in [6.45, 7) is 12.3. The number of halogens is 2. The Morgan fingerprint density at radius 3 is 2.09 bits per heavy atom. The number of hydrogen-bond donors (Lipinski definition) is 4. The number of hydrogen-bond acceptors (Lipinski definition) is 8. The first-order valence-corrected chi connectivity index (χ1v) is 20.9. The van der Waals surface area contributed by atoms with Gasteiger partial charge in [0.05, 0.1) is 6.04 Å². The minimum absolute atomic E-state index is 0.0479. The van der Waals surface area contributed by atoms with E-state index in [1.54, 1.807) is 58.0 Å². The van der Waals surface area contributed by atoms with E-state index in [2.05, 4.69) is 27.3 Å². The highest BCUT2D eigenvalue weighted by atomic mass is 32.2. The van der Waals surface area contributed by atoms with Gasteiger partial charge in [-0.2, -0.15) is 26.2 Å². The fraction of sp³-hybridized carbons (Fsp3) is 0.667. The molecule has 17 heteroatoms. The second kappa shape index (κ2) is 21.0. The van der Waals surface area contributed by atoms with Crippen molar-refractivity contribution >= 4 is 39.8 Å².